The number of ether oxygens (including phenoxy) is 2. The van der Waals surface area contributed by atoms with E-state index in [0.717, 1.165) is 49.9 Å². The van der Waals surface area contributed by atoms with E-state index in [-0.39, 0.29) is 0 Å². The van der Waals surface area contributed by atoms with Crippen molar-refractivity contribution in [2.24, 2.45) is 0 Å². The van der Waals surface area contributed by atoms with E-state index < -0.39 is 0 Å². The Morgan fingerprint density at radius 1 is 0.750 bits per heavy atom. The zero-order valence-corrected chi connectivity index (χ0v) is 16.5. The van der Waals surface area contributed by atoms with Gasteiger partial charge in [-0.05, 0) is 35.9 Å². The van der Waals surface area contributed by atoms with Crippen LogP contribution in [0.3, 0.4) is 0 Å². The van der Waals surface area contributed by atoms with Crippen LogP contribution in [0, 0.1) is 0 Å². The Kier molecular flexibility index (Phi) is 5.53. The van der Waals surface area contributed by atoms with Crippen molar-refractivity contribution in [3.8, 4) is 17.2 Å². The summed E-state index contributed by atoms with van der Waals surface area (Å²) in [6, 6.07) is 18.6. The van der Waals surface area contributed by atoms with Gasteiger partial charge in [0, 0.05) is 45.1 Å². The van der Waals surface area contributed by atoms with Crippen LogP contribution in [0.5, 0.6) is 11.5 Å². The van der Waals surface area contributed by atoms with Crippen LogP contribution in [-0.4, -0.2) is 49.9 Å². The topological polar surface area (TPSA) is 29.9 Å². The van der Waals surface area contributed by atoms with Gasteiger partial charge < -0.3 is 18.9 Å². The Morgan fingerprint density at radius 3 is 2.04 bits per heavy atom. The van der Waals surface area contributed by atoms with Crippen molar-refractivity contribution in [1.29, 1.82) is 0 Å². The highest BCUT2D eigenvalue weighted by Crippen LogP contribution is 2.28. The van der Waals surface area contributed by atoms with E-state index in [1.54, 1.807) is 14.2 Å². The monoisotopic (exact) mass is 377 g/mol. The molecule has 4 rings (SSSR count). The molecule has 0 spiro atoms. The third-order valence-electron chi connectivity index (χ3n) is 5.32. The molecule has 0 saturated carbocycles. The molecule has 1 fully saturated rings. The first-order chi connectivity index (χ1) is 13.8. The van der Waals surface area contributed by atoms with Gasteiger partial charge >= 0.3 is 0 Å². The number of rotatable bonds is 6. The largest absolute Gasteiger partial charge is 0.495 e. The fourth-order valence-electron chi connectivity index (χ4n) is 3.82. The number of anilines is 1. The average molecular weight is 377 g/mol. The highest BCUT2D eigenvalue weighted by atomic mass is 16.5. The fraction of sp³-hybridized carbons (Fsp3) is 0.304. The molecular formula is C23H27N3O2. The van der Waals surface area contributed by atoms with Gasteiger partial charge in [-0.25, -0.2) is 0 Å². The number of hydrogen-bond acceptors (Lipinski definition) is 4. The summed E-state index contributed by atoms with van der Waals surface area (Å²) in [4.78, 5) is 4.92. The number of para-hydroxylation sites is 4. The lowest BCUT2D eigenvalue weighted by Gasteiger charge is -2.36. The van der Waals surface area contributed by atoms with Crippen molar-refractivity contribution in [2.45, 2.75) is 6.54 Å². The van der Waals surface area contributed by atoms with Crippen molar-refractivity contribution >= 4 is 5.69 Å². The summed E-state index contributed by atoms with van der Waals surface area (Å²) >= 11 is 0. The van der Waals surface area contributed by atoms with Crippen LogP contribution in [0.2, 0.25) is 0 Å². The minimum Gasteiger partial charge on any atom is -0.495 e. The Bertz CT molecular complexity index is 913. The van der Waals surface area contributed by atoms with E-state index in [4.69, 9.17) is 9.47 Å². The highest BCUT2D eigenvalue weighted by Gasteiger charge is 2.20. The fourth-order valence-corrected chi connectivity index (χ4v) is 3.82. The summed E-state index contributed by atoms with van der Waals surface area (Å²) in [6.45, 7) is 5.05. The SMILES string of the molecule is COc1ccccc1N1CCN(Cc2ccn(-c3ccccc3OC)c2)CC1. The lowest BCUT2D eigenvalue weighted by atomic mass is 10.2. The molecule has 0 bridgehead atoms. The van der Waals surface area contributed by atoms with Gasteiger partial charge in [0.15, 0.2) is 0 Å². The number of nitrogens with zero attached hydrogens (tertiary/aromatic N) is 3. The molecule has 1 aliphatic rings. The van der Waals surface area contributed by atoms with Gasteiger partial charge in [-0.1, -0.05) is 24.3 Å². The lowest BCUT2D eigenvalue weighted by Crippen LogP contribution is -2.46. The van der Waals surface area contributed by atoms with E-state index in [1.165, 1.54) is 11.3 Å². The van der Waals surface area contributed by atoms with Crippen molar-refractivity contribution < 1.29 is 9.47 Å². The molecule has 0 atom stereocenters. The van der Waals surface area contributed by atoms with Crippen molar-refractivity contribution in [2.75, 3.05) is 45.3 Å². The molecule has 1 aliphatic heterocycles. The molecule has 1 saturated heterocycles. The standard InChI is InChI=1S/C23H27N3O2/c1-27-22-9-5-3-7-20(22)25-15-13-24(14-16-25)17-19-11-12-26(18-19)21-8-4-6-10-23(21)28-2/h3-12,18H,13-17H2,1-2H3. The molecule has 0 aliphatic carbocycles. The summed E-state index contributed by atoms with van der Waals surface area (Å²) < 4.78 is 13.1. The number of methoxy groups -OCH3 is 2. The van der Waals surface area contributed by atoms with Crippen molar-refractivity contribution in [3.05, 3.63) is 72.6 Å². The summed E-state index contributed by atoms with van der Waals surface area (Å²) in [7, 11) is 3.45. The second-order valence-corrected chi connectivity index (χ2v) is 7.03. The van der Waals surface area contributed by atoms with Gasteiger partial charge in [-0.15, -0.1) is 0 Å². The van der Waals surface area contributed by atoms with Gasteiger partial charge in [-0.2, -0.15) is 0 Å². The molecule has 0 N–H and O–H groups in total. The lowest BCUT2D eigenvalue weighted by molar-refractivity contribution is 0.249. The molecule has 0 unspecified atom stereocenters. The highest BCUT2D eigenvalue weighted by molar-refractivity contribution is 5.58. The van der Waals surface area contributed by atoms with E-state index in [1.807, 2.05) is 30.3 Å². The normalized spacial score (nSPS) is 14.9. The Morgan fingerprint density at radius 2 is 1.36 bits per heavy atom. The second-order valence-electron chi connectivity index (χ2n) is 7.03. The van der Waals surface area contributed by atoms with E-state index in [2.05, 4.69) is 51.0 Å². The van der Waals surface area contributed by atoms with Gasteiger partial charge in [-0.3, -0.25) is 4.90 Å². The van der Waals surface area contributed by atoms with Gasteiger partial charge in [0.1, 0.15) is 11.5 Å². The minimum absolute atomic E-state index is 0.884. The predicted molar refractivity (Wildman–Crippen MR) is 113 cm³/mol. The van der Waals surface area contributed by atoms with Crippen molar-refractivity contribution in [1.82, 2.24) is 9.47 Å². The third kappa shape index (κ3) is 3.85. The van der Waals surface area contributed by atoms with Gasteiger partial charge in [0.05, 0.1) is 25.6 Å². The Balaban J connectivity index is 1.39. The molecule has 146 valence electrons. The van der Waals surface area contributed by atoms with Crippen LogP contribution in [0.4, 0.5) is 5.69 Å². The first kappa shape index (κ1) is 18.4. The Hall–Kier alpha value is -2.92. The van der Waals surface area contributed by atoms with E-state index in [9.17, 15) is 0 Å². The van der Waals surface area contributed by atoms with Crippen molar-refractivity contribution in [3.63, 3.8) is 0 Å². The summed E-state index contributed by atoms with van der Waals surface area (Å²) in [5.74, 6) is 1.83. The van der Waals surface area contributed by atoms with E-state index >= 15 is 0 Å². The summed E-state index contributed by atoms with van der Waals surface area (Å²) in [5.41, 5.74) is 3.57. The quantitative estimate of drug-likeness (QED) is 0.653. The molecular weight excluding hydrogens is 350 g/mol. The predicted octanol–water partition coefficient (Wildman–Crippen LogP) is 3.82. The number of aromatic nitrogens is 1. The minimum atomic E-state index is 0.884. The first-order valence-electron chi connectivity index (χ1n) is 9.69. The summed E-state index contributed by atoms with van der Waals surface area (Å²) in [5, 5.41) is 0. The van der Waals surface area contributed by atoms with Crippen LogP contribution in [0.25, 0.3) is 5.69 Å². The maximum atomic E-state index is 5.52. The average Bonchev–Trinajstić information content (AvgIpc) is 3.22. The Labute approximate surface area is 166 Å². The van der Waals surface area contributed by atoms with Gasteiger partial charge in [0.25, 0.3) is 0 Å². The summed E-state index contributed by atoms with van der Waals surface area (Å²) in [6.07, 6.45) is 4.31. The molecule has 28 heavy (non-hydrogen) atoms. The molecule has 1 aromatic heterocycles. The van der Waals surface area contributed by atoms with Crippen LogP contribution < -0.4 is 14.4 Å². The van der Waals surface area contributed by atoms with Gasteiger partial charge in [0.2, 0.25) is 0 Å². The van der Waals surface area contributed by atoms with Crippen LogP contribution in [-0.2, 0) is 6.54 Å². The molecule has 5 heteroatoms. The second kappa shape index (κ2) is 8.40. The number of benzene rings is 2. The number of hydrogen-bond donors (Lipinski definition) is 0. The van der Waals surface area contributed by atoms with Crippen LogP contribution in [0.15, 0.2) is 67.0 Å². The maximum Gasteiger partial charge on any atom is 0.142 e. The molecule has 2 heterocycles. The maximum absolute atomic E-state index is 5.52. The first-order valence-corrected chi connectivity index (χ1v) is 9.69. The van der Waals surface area contributed by atoms with Crippen LogP contribution >= 0.6 is 0 Å². The smallest absolute Gasteiger partial charge is 0.142 e. The molecule has 5 nitrogen and oxygen atoms in total. The molecule has 2 aromatic carbocycles. The zero-order valence-electron chi connectivity index (χ0n) is 16.5. The van der Waals surface area contributed by atoms with Crippen LogP contribution in [0.1, 0.15) is 5.56 Å². The molecule has 0 radical (unpaired) electrons. The third-order valence-corrected chi connectivity index (χ3v) is 5.32. The zero-order chi connectivity index (χ0) is 19.3. The molecule has 3 aromatic rings. The number of piperazine rings is 1. The van der Waals surface area contributed by atoms with E-state index in [0.29, 0.717) is 0 Å². The molecule has 0 amide bonds.